The number of aromatic hydroxyl groups is 1. The third-order valence-corrected chi connectivity index (χ3v) is 4.37. The minimum atomic E-state index is -0.833. The Morgan fingerprint density at radius 1 is 0.853 bits per heavy atom. The van der Waals surface area contributed by atoms with Crippen molar-refractivity contribution < 1.29 is 20.1 Å². The van der Waals surface area contributed by atoms with E-state index in [0.717, 1.165) is 34.8 Å². The summed E-state index contributed by atoms with van der Waals surface area (Å²) in [6.07, 6.45) is 7.25. The first kappa shape index (κ1) is 28.1. The molecule has 0 radical (unpaired) electrons. The predicted octanol–water partition coefficient (Wildman–Crippen LogP) is 7.26. The number of phenols is 1. The number of hydrogen-bond acceptors (Lipinski definition) is 3. The fraction of sp³-hybridized carbons (Fsp3) is 0.167. The molecule has 34 heavy (non-hydrogen) atoms. The lowest BCUT2D eigenvalue weighted by molar-refractivity contribution is -0.134. The number of phenolic OH excluding ortho intramolecular Hbond substituents is 1. The molecule has 3 N–H and O–H groups in total. The van der Waals surface area contributed by atoms with Crippen LogP contribution < -0.4 is 0 Å². The van der Waals surface area contributed by atoms with E-state index in [-0.39, 0.29) is 0 Å². The van der Waals surface area contributed by atoms with Crippen LogP contribution in [0.2, 0.25) is 0 Å². The topological polar surface area (TPSA) is 77.8 Å². The monoisotopic (exact) mass is 458 g/mol. The molecule has 3 aromatic carbocycles. The molecule has 0 saturated heterocycles. The maximum atomic E-state index is 10.2. The Labute approximate surface area is 202 Å². The van der Waals surface area contributed by atoms with E-state index in [1.165, 1.54) is 0 Å². The number of benzene rings is 3. The molecule has 0 aromatic heterocycles. The number of aliphatic hydroxyl groups is 1. The highest BCUT2D eigenvalue weighted by Gasteiger charge is 2.11. The summed E-state index contributed by atoms with van der Waals surface area (Å²) in [5.41, 5.74) is 4.43. The van der Waals surface area contributed by atoms with Crippen LogP contribution in [0.1, 0.15) is 27.7 Å². The maximum absolute atomic E-state index is 10.2. The van der Waals surface area contributed by atoms with Crippen LogP contribution >= 0.6 is 0 Å². The number of carboxylic acids is 1. The molecule has 0 aliphatic carbocycles. The predicted molar refractivity (Wildman–Crippen MR) is 142 cm³/mol. The second-order valence-electron chi connectivity index (χ2n) is 8.08. The van der Waals surface area contributed by atoms with Crippen LogP contribution in [0.4, 0.5) is 0 Å². The summed E-state index contributed by atoms with van der Waals surface area (Å²) in [6.45, 7) is 10.1. The Kier molecular flexibility index (Phi) is 11.8. The Hall–Kier alpha value is -3.89. The lowest BCUT2D eigenvalue weighted by Gasteiger charge is -2.12. The van der Waals surface area contributed by atoms with Crippen LogP contribution in [0.25, 0.3) is 22.3 Å². The van der Waals surface area contributed by atoms with Crippen molar-refractivity contribution in [1.82, 2.24) is 0 Å². The van der Waals surface area contributed by atoms with Gasteiger partial charge in [-0.3, -0.25) is 4.79 Å². The van der Waals surface area contributed by atoms with Gasteiger partial charge in [-0.05, 0) is 43.5 Å². The second-order valence-corrected chi connectivity index (χ2v) is 8.08. The smallest absolute Gasteiger partial charge is 0.300 e. The molecule has 0 amide bonds. The molecule has 3 rings (SSSR count). The van der Waals surface area contributed by atoms with Crippen LogP contribution in [0.15, 0.2) is 115 Å². The third kappa shape index (κ3) is 11.1. The molecule has 0 atom stereocenters. The molecular formula is C30H34O4. The largest absolute Gasteiger partial charge is 0.507 e. The maximum Gasteiger partial charge on any atom is 0.300 e. The molecule has 0 saturated carbocycles. The zero-order valence-electron chi connectivity index (χ0n) is 20.3. The molecule has 0 unspecified atom stereocenters. The molecule has 0 bridgehead atoms. The standard InChI is InChI=1S/C18H14O.C10H16O.C2H4O2/c19-17-13-7-12-16(14-8-3-1-4-9-14)18(17)15-10-5-2-6-11-15;1-5-9(2)7-6-8-10(3,4)11;1-2(3)4/h1-13,19H;5-8,11H,1H2,2-4H3;1H3,(H,3,4). The van der Waals surface area contributed by atoms with Crippen LogP contribution in [-0.2, 0) is 4.79 Å². The molecule has 4 heteroatoms. The molecule has 0 aliphatic heterocycles. The molecule has 3 aromatic rings. The Morgan fingerprint density at radius 2 is 1.35 bits per heavy atom. The van der Waals surface area contributed by atoms with Crippen LogP contribution in [0.5, 0.6) is 5.75 Å². The number of carboxylic acid groups (broad SMARTS) is 1. The van der Waals surface area contributed by atoms with Gasteiger partial charge >= 0.3 is 0 Å². The summed E-state index contributed by atoms with van der Waals surface area (Å²) in [5.74, 6) is -0.521. The molecule has 0 aliphatic rings. The van der Waals surface area contributed by atoms with Gasteiger partial charge in [-0.1, -0.05) is 109 Å². The summed E-state index contributed by atoms with van der Waals surface area (Å²) >= 11 is 0. The quantitative estimate of drug-likeness (QED) is 0.352. The fourth-order valence-electron chi connectivity index (χ4n) is 2.81. The van der Waals surface area contributed by atoms with Gasteiger partial charge in [0.25, 0.3) is 5.97 Å². The summed E-state index contributed by atoms with van der Waals surface area (Å²) in [5, 5.41) is 26.9. The number of carbonyl (C=O) groups is 1. The highest BCUT2D eigenvalue weighted by Crippen LogP contribution is 2.38. The van der Waals surface area contributed by atoms with E-state index in [4.69, 9.17) is 9.90 Å². The van der Waals surface area contributed by atoms with E-state index in [1.54, 1.807) is 32.1 Å². The van der Waals surface area contributed by atoms with Crippen molar-refractivity contribution in [3.05, 3.63) is 115 Å². The Balaban J connectivity index is 0.000000329. The van der Waals surface area contributed by atoms with Gasteiger partial charge in [-0.2, -0.15) is 0 Å². The van der Waals surface area contributed by atoms with Crippen molar-refractivity contribution in [2.45, 2.75) is 33.3 Å². The summed E-state index contributed by atoms with van der Waals surface area (Å²) in [6, 6.07) is 25.7. The highest BCUT2D eigenvalue weighted by molar-refractivity contribution is 5.87. The molecule has 0 heterocycles. The van der Waals surface area contributed by atoms with Gasteiger partial charge in [0.2, 0.25) is 0 Å². The Morgan fingerprint density at radius 3 is 1.82 bits per heavy atom. The third-order valence-electron chi connectivity index (χ3n) is 4.37. The van der Waals surface area contributed by atoms with Crippen LogP contribution in [0, 0.1) is 0 Å². The van der Waals surface area contributed by atoms with E-state index in [9.17, 15) is 10.2 Å². The van der Waals surface area contributed by atoms with Crippen molar-refractivity contribution in [3.8, 4) is 28.0 Å². The van der Waals surface area contributed by atoms with Crippen molar-refractivity contribution in [2.24, 2.45) is 0 Å². The van der Waals surface area contributed by atoms with E-state index in [1.807, 2.05) is 79.7 Å². The van der Waals surface area contributed by atoms with Gasteiger partial charge in [0.05, 0.1) is 5.60 Å². The number of allylic oxidation sites excluding steroid dienone is 4. The molecule has 0 spiro atoms. The molecule has 178 valence electrons. The lowest BCUT2D eigenvalue weighted by atomic mass is 9.94. The average Bonchev–Trinajstić information content (AvgIpc) is 2.79. The minimum absolute atomic E-state index is 0.313. The zero-order valence-corrected chi connectivity index (χ0v) is 20.3. The van der Waals surface area contributed by atoms with E-state index in [2.05, 4.69) is 18.7 Å². The summed E-state index contributed by atoms with van der Waals surface area (Å²) in [4.78, 5) is 9.00. The lowest BCUT2D eigenvalue weighted by Crippen LogP contribution is -2.13. The van der Waals surface area contributed by atoms with Crippen LogP contribution in [0.3, 0.4) is 0 Å². The summed E-state index contributed by atoms with van der Waals surface area (Å²) in [7, 11) is 0. The minimum Gasteiger partial charge on any atom is -0.507 e. The normalized spacial score (nSPS) is 11.0. The molecular weight excluding hydrogens is 424 g/mol. The first-order chi connectivity index (χ1) is 16.0. The first-order valence-electron chi connectivity index (χ1n) is 10.9. The SMILES string of the molecule is C=CC(C)=CC=CC(C)(C)O.CC(=O)O.Oc1cccc(-c2ccccc2)c1-c1ccccc1. The van der Waals surface area contributed by atoms with E-state index < -0.39 is 11.6 Å². The average molecular weight is 459 g/mol. The van der Waals surface area contributed by atoms with Gasteiger partial charge in [-0.15, -0.1) is 0 Å². The van der Waals surface area contributed by atoms with Gasteiger partial charge in [0, 0.05) is 12.5 Å². The molecule has 4 nitrogen and oxygen atoms in total. The fourth-order valence-corrected chi connectivity index (χ4v) is 2.81. The first-order valence-corrected chi connectivity index (χ1v) is 10.9. The van der Waals surface area contributed by atoms with Crippen molar-refractivity contribution in [3.63, 3.8) is 0 Å². The van der Waals surface area contributed by atoms with Gasteiger partial charge in [-0.25, -0.2) is 0 Å². The van der Waals surface area contributed by atoms with Gasteiger partial charge in [0.15, 0.2) is 0 Å². The number of aliphatic carboxylic acids is 1. The van der Waals surface area contributed by atoms with E-state index >= 15 is 0 Å². The van der Waals surface area contributed by atoms with Crippen molar-refractivity contribution >= 4 is 5.97 Å². The second kappa shape index (κ2) is 14.3. The number of rotatable bonds is 5. The summed E-state index contributed by atoms with van der Waals surface area (Å²) < 4.78 is 0. The highest BCUT2D eigenvalue weighted by atomic mass is 16.4. The Bertz CT molecular complexity index is 1090. The van der Waals surface area contributed by atoms with E-state index in [0.29, 0.717) is 5.75 Å². The van der Waals surface area contributed by atoms with Crippen LogP contribution in [-0.4, -0.2) is 26.9 Å². The van der Waals surface area contributed by atoms with Gasteiger partial charge < -0.3 is 15.3 Å². The number of hydrogen-bond donors (Lipinski definition) is 3. The van der Waals surface area contributed by atoms with Gasteiger partial charge in [0.1, 0.15) is 5.75 Å². The molecule has 0 fully saturated rings. The van der Waals surface area contributed by atoms with Crippen molar-refractivity contribution in [2.75, 3.05) is 0 Å². The van der Waals surface area contributed by atoms with Crippen molar-refractivity contribution in [1.29, 1.82) is 0 Å². The zero-order chi connectivity index (χ0) is 25.6.